The van der Waals surface area contributed by atoms with Crippen LogP contribution >= 0.6 is 11.8 Å². The van der Waals surface area contributed by atoms with Crippen molar-refractivity contribution in [3.05, 3.63) is 12.0 Å². The molecule has 0 aromatic carbocycles. The number of hydrazine groups is 1. The van der Waals surface area contributed by atoms with Crippen molar-refractivity contribution in [3.63, 3.8) is 0 Å². The minimum atomic E-state index is 0.514. The second-order valence-electron chi connectivity index (χ2n) is 5.07. The summed E-state index contributed by atoms with van der Waals surface area (Å²) in [6.07, 6.45) is 4.96. The zero-order valence-electron chi connectivity index (χ0n) is 13.0. The van der Waals surface area contributed by atoms with Crippen LogP contribution in [0.5, 0.6) is 0 Å². The highest BCUT2D eigenvalue weighted by Crippen LogP contribution is 2.19. The first-order valence-corrected chi connectivity index (χ1v) is 8.34. The Kier molecular flexibility index (Phi) is 5.38. The molecule has 0 fully saturated rings. The molecule has 2 rings (SSSR count). The summed E-state index contributed by atoms with van der Waals surface area (Å²) >= 11 is 1.86. The van der Waals surface area contributed by atoms with Gasteiger partial charge in [0.2, 0.25) is 0 Å². The summed E-state index contributed by atoms with van der Waals surface area (Å²) in [5.41, 5.74) is 3.43. The zero-order valence-corrected chi connectivity index (χ0v) is 13.8. The smallest absolute Gasteiger partial charge is 0.163 e. The van der Waals surface area contributed by atoms with E-state index in [0.29, 0.717) is 18.4 Å². The summed E-state index contributed by atoms with van der Waals surface area (Å²) < 4.78 is 1.74. The van der Waals surface area contributed by atoms with Gasteiger partial charge in [0.15, 0.2) is 11.5 Å². The Morgan fingerprint density at radius 3 is 2.86 bits per heavy atom. The minimum Gasteiger partial charge on any atom is -0.308 e. The van der Waals surface area contributed by atoms with Crippen LogP contribution in [0, 0.1) is 0 Å². The number of nitrogens with zero attached hydrogens (tertiary/aromatic N) is 5. The minimum absolute atomic E-state index is 0.514. The van der Waals surface area contributed by atoms with Crippen molar-refractivity contribution in [2.75, 3.05) is 24.5 Å². The molecule has 21 heavy (non-hydrogen) atoms. The van der Waals surface area contributed by atoms with E-state index in [-0.39, 0.29) is 0 Å². The summed E-state index contributed by atoms with van der Waals surface area (Å²) in [5, 5.41) is 5.04. The van der Waals surface area contributed by atoms with Crippen LogP contribution < -0.4 is 11.3 Å². The predicted molar refractivity (Wildman–Crippen MR) is 88.0 cm³/mol. The molecule has 0 saturated heterocycles. The van der Waals surface area contributed by atoms with Gasteiger partial charge in [-0.15, -0.1) is 0 Å². The molecule has 2 heterocycles. The highest BCUT2D eigenvalue weighted by atomic mass is 32.2. The molecule has 0 amide bonds. The number of thioether (sulfide) groups is 1. The number of nitrogens with two attached hydrogens (primary N) is 1. The Morgan fingerprint density at radius 1 is 1.48 bits per heavy atom. The second-order valence-corrected chi connectivity index (χ2v) is 5.98. The van der Waals surface area contributed by atoms with E-state index in [2.05, 4.69) is 45.6 Å². The standard InChI is InChI=1S/C13H23N7S/c1-5-9(8-21-4)19(2)7-11-16-12(18-14)10-6-15-20(3)13(10)17-11/h6,9H,5,7-8,14H2,1-4H3,(H,16,17,18). The van der Waals surface area contributed by atoms with Gasteiger partial charge in [-0.25, -0.2) is 15.8 Å². The fourth-order valence-electron chi connectivity index (χ4n) is 2.35. The number of hydrogen-bond acceptors (Lipinski definition) is 7. The van der Waals surface area contributed by atoms with Gasteiger partial charge in [-0.1, -0.05) is 6.92 Å². The lowest BCUT2D eigenvalue weighted by molar-refractivity contribution is 0.242. The van der Waals surface area contributed by atoms with Crippen LogP contribution in [0.4, 0.5) is 5.82 Å². The van der Waals surface area contributed by atoms with E-state index in [1.807, 2.05) is 18.8 Å². The molecule has 0 aliphatic heterocycles. The topological polar surface area (TPSA) is 84.9 Å². The number of fused-ring (bicyclic) bond motifs is 1. The normalized spacial score (nSPS) is 13.0. The average Bonchev–Trinajstić information content (AvgIpc) is 2.85. The number of hydrogen-bond donors (Lipinski definition) is 2. The first-order chi connectivity index (χ1) is 10.1. The van der Waals surface area contributed by atoms with Crippen molar-refractivity contribution >= 4 is 28.6 Å². The zero-order chi connectivity index (χ0) is 15.4. The molecule has 0 aliphatic rings. The Hall–Kier alpha value is -1.38. The van der Waals surface area contributed by atoms with E-state index in [4.69, 9.17) is 5.84 Å². The quantitative estimate of drug-likeness (QED) is 0.587. The molecule has 8 heteroatoms. The molecule has 0 radical (unpaired) electrons. The first-order valence-electron chi connectivity index (χ1n) is 6.95. The molecular weight excluding hydrogens is 286 g/mol. The average molecular weight is 309 g/mol. The molecule has 7 nitrogen and oxygen atoms in total. The van der Waals surface area contributed by atoms with Gasteiger partial charge in [0.25, 0.3) is 0 Å². The summed E-state index contributed by atoms with van der Waals surface area (Å²) in [6, 6.07) is 0.514. The Morgan fingerprint density at radius 2 is 2.24 bits per heavy atom. The molecule has 0 saturated carbocycles. The Balaban J connectivity index is 2.27. The second kappa shape index (κ2) is 7.06. The van der Waals surface area contributed by atoms with Gasteiger partial charge in [0.05, 0.1) is 18.1 Å². The predicted octanol–water partition coefficient (Wildman–Crippen LogP) is 1.22. The summed E-state index contributed by atoms with van der Waals surface area (Å²) in [7, 11) is 3.97. The fourth-order valence-corrected chi connectivity index (χ4v) is 3.22. The maximum absolute atomic E-state index is 5.56. The van der Waals surface area contributed by atoms with Gasteiger partial charge in [-0.2, -0.15) is 16.9 Å². The van der Waals surface area contributed by atoms with E-state index in [1.165, 1.54) is 0 Å². The Labute approximate surface area is 129 Å². The third kappa shape index (κ3) is 3.45. The van der Waals surface area contributed by atoms with Gasteiger partial charge >= 0.3 is 0 Å². The largest absolute Gasteiger partial charge is 0.308 e. The maximum Gasteiger partial charge on any atom is 0.163 e. The molecule has 2 aromatic rings. The van der Waals surface area contributed by atoms with Crippen molar-refractivity contribution in [2.24, 2.45) is 12.9 Å². The number of nitrogens with one attached hydrogen (secondary N) is 1. The number of rotatable bonds is 7. The number of aromatic nitrogens is 4. The Bertz CT molecular complexity index is 597. The molecule has 0 aliphatic carbocycles. The monoisotopic (exact) mass is 309 g/mol. The van der Waals surface area contributed by atoms with E-state index < -0.39 is 0 Å². The van der Waals surface area contributed by atoms with Crippen molar-refractivity contribution in [3.8, 4) is 0 Å². The van der Waals surface area contributed by atoms with Crippen LogP contribution in [0.3, 0.4) is 0 Å². The highest BCUT2D eigenvalue weighted by molar-refractivity contribution is 7.98. The molecule has 1 atom stereocenters. The molecule has 3 N–H and O–H groups in total. The van der Waals surface area contributed by atoms with Crippen LogP contribution in [0.15, 0.2) is 6.20 Å². The van der Waals surface area contributed by atoms with Crippen molar-refractivity contribution in [1.82, 2.24) is 24.6 Å². The molecule has 2 aromatic heterocycles. The molecule has 1 unspecified atom stereocenters. The van der Waals surface area contributed by atoms with Gasteiger partial charge in [0.1, 0.15) is 5.82 Å². The van der Waals surface area contributed by atoms with Crippen molar-refractivity contribution in [2.45, 2.75) is 25.9 Å². The van der Waals surface area contributed by atoms with Crippen LogP contribution in [-0.4, -0.2) is 49.7 Å². The van der Waals surface area contributed by atoms with Gasteiger partial charge in [-0.3, -0.25) is 9.58 Å². The first kappa shape index (κ1) is 16.0. The fraction of sp³-hybridized carbons (Fsp3) is 0.615. The highest BCUT2D eigenvalue weighted by Gasteiger charge is 2.16. The lowest BCUT2D eigenvalue weighted by Crippen LogP contribution is -2.33. The molecular formula is C13H23N7S. The van der Waals surface area contributed by atoms with E-state index in [9.17, 15) is 0 Å². The molecule has 116 valence electrons. The third-order valence-electron chi connectivity index (χ3n) is 3.62. The molecule has 0 bridgehead atoms. The van der Waals surface area contributed by atoms with Crippen LogP contribution in [0.1, 0.15) is 19.2 Å². The van der Waals surface area contributed by atoms with Gasteiger partial charge < -0.3 is 5.43 Å². The van der Waals surface area contributed by atoms with Gasteiger partial charge in [0, 0.05) is 18.8 Å². The van der Waals surface area contributed by atoms with E-state index in [1.54, 1.807) is 10.9 Å². The maximum atomic E-state index is 5.56. The molecule has 0 spiro atoms. The van der Waals surface area contributed by atoms with Crippen LogP contribution in [-0.2, 0) is 13.6 Å². The van der Waals surface area contributed by atoms with Crippen molar-refractivity contribution in [1.29, 1.82) is 0 Å². The SMILES string of the molecule is CCC(CSC)N(C)Cc1nc(NN)c2cnn(C)c2n1. The number of nitrogen functional groups attached to an aromatic ring is 1. The lowest BCUT2D eigenvalue weighted by Gasteiger charge is -2.25. The summed E-state index contributed by atoms with van der Waals surface area (Å²) in [5.74, 6) is 8.04. The third-order valence-corrected chi connectivity index (χ3v) is 4.34. The van der Waals surface area contributed by atoms with Gasteiger partial charge in [-0.05, 0) is 19.7 Å². The van der Waals surface area contributed by atoms with E-state index >= 15 is 0 Å². The summed E-state index contributed by atoms with van der Waals surface area (Å²) in [4.78, 5) is 11.4. The lowest BCUT2D eigenvalue weighted by atomic mass is 10.2. The summed E-state index contributed by atoms with van der Waals surface area (Å²) in [6.45, 7) is 2.89. The van der Waals surface area contributed by atoms with Crippen molar-refractivity contribution < 1.29 is 0 Å². The van der Waals surface area contributed by atoms with Crippen LogP contribution in [0.25, 0.3) is 11.0 Å². The van der Waals surface area contributed by atoms with E-state index in [0.717, 1.165) is 29.0 Å². The number of aryl methyl sites for hydroxylation is 1. The van der Waals surface area contributed by atoms with Crippen LogP contribution in [0.2, 0.25) is 0 Å². The number of anilines is 1.